The van der Waals surface area contributed by atoms with E-state index in [1.54, 1.807) is 0 Å². The van der Waals surface area contributed by atoms with Crippen molar-refractivity contribution in [1.82, 2.24) is 5.32 Å². The molecule has 1 amide bonds. The van der Waals surface area contributed by atoms with Gasteiger partial charge >= 0.3 is 0 Å². The summed E-state index contributed by atoms with van der Waals surface area (Å²) in [6.07, 6.45) is 0.950. The Morgan fingerprint density at radius 2 is 2.00 bits per heavy atom. The lowest BCUT2D eigenvalue weighted by Crippen LogP contribution is -2.40. The number of nitrogens with zero attached hydrogens (tertiary/aromatic N) is 1. The number of para-hydroxylation sites is 1. The lowest BCUT2D eigenvalue weighted by molar-refractivity contribution is -0.122. The second kappa shape index (κ2) is 7.39. The van der Waals surface area contributed by atoms with E-state index in [4.69, 9.17) is 0 Å². The van der Waals surface area contributed by atoms with Gasteiger partial charge in [0.2, 0.25) is 5.91 Å². The zero-order valence-electron chi connectivity index (χ0n) is 14.1. The quantitative estimate of drug-likeness (QED) is 0.806. The maximum Gasteiger partial charge on any atom is 0.223 e. The van der Waals surface area contributed by atoms with Crippen LogP contribution in [0.25, 0.3) is 0 Å². The van der Waals surface area contributed by atoms with Gasteiger partial charge in [-0.2, -0.15) is 0 Å². The van der Waals surface area contributed by atoms with Gasteiger partial charge in [-0.05, 0) is 49.1 Å². The summed E-state index contributed by atoms with van der Waals surface area (Å²) in [4.78, 5) is 14.6. The molecular formula is C20H23BrN2O. The van der Waals surface area contributed by atoms with Gasteiger partial charge in [0.1, 0.15) is 0 Å². The molecule has 2 aromatic rings. The summed E-state index contributed by atoms with van der Waals surface area (Å²) < 4.78 is 1.07. The van der Waals surface area contributed by atoms with E-state index in [2.05, 4.69) is 64.4 Å². The second-order valence-corrected chi connectivity index (χ2v) is 7.46. The minimum atomic E-state index is 0.119. The smallest absolute Gasteiger partial charge is 0.223 e. The van der Waals surface area contributed by atoms with Crippen LogP contribution in [0.5, 0.6) is 0 Å². The predicted octanol–water partition coefficient (Wildman–Crippen LogP) is 4.19. The van der Waals surface area contributed by atoms with Gasteiger partial charge in [-0.25, -0.2) is 0 Å². The minimum Gasteiger partial charge on any atom is -0.370 e. The summed E-state index contributed by atoms with van der Waals surface area (Å²) in [6, 6.07) is 18.8. The van der Waals surface area contributed by atoms with Crippen LogP contribution in [-0.2, 0) is 4.79 Å². The molecule has 0 saturated heterocycles. The SMILES string of the molecule is CC(CNC(=O)C1CC1c1cccc(Br)c1)N(C)c1ccccc1. The Bertz CT molecular complexity index is 704. The first-order valence-electron chi connectivity index (χ1n) is 8.37. The van der Waals surface area contributed by atoms with Crippen molar-refractivity contribution >= 4 is 27.5 Å². The molecule has 0 heterocycles. The number of nitrogens with one attached hydrogen (secondary N) is 1. The molecule has 0 aromatic heterocycles. The normalized spacial score (nSPS) is 20.3. The average molecular weight is 387 g/mol. The molecule has 3 nitrogen and oxygen atoms in total. The Labute approximate surface area is 152 Å². The Morgan fingerprint density at radius 1 is 1.25 bits per heavy atom. The van der Waals surface area contributed by atoms with Crippen LogP contribution in [-0.4, -0.2) is 25.5 Å². The van der Waals surface area contributed by atoms with Gasteiger partial charge in [-0.15, -0.1) is 0 Å². The molecule has 1 saturated carbocycles. The number of rotatable bonds is 6. The van der Waals surface area contributed by atoms with E-state index >= 15 is 0 Å². The highest BCUT2D eigenvalue weighted by Gasteiger charge is 2.43. The van der Waals surface area contributed by atoms with E-state index in [1.807, 2.05) is 30.3 Å². The number of carbonyl (C=O) groups is 1. The molecule has 0 radical (unpaired) electrons. The fraction of sp³-hybridized carbons (Fsp3) is 0.350. The van der Waals surface area contributed by atoms with Crippen LogP contribution in [0.15, 0.2) is 59.1 Å². The highest BCUT2D eigenvalue weighted by atomic mass is 79.9. The van der Waals surface area contributed by atoms with Crippen molar-refractivity contribution in [3.8, 4) is 0 Å². The van der Waals surface area contributed by atoms with Crippen molar-refractivity contribution in [1.29, 1.82) is 0 Å². The molecule has 1 aliphatic carbocycles. The summed E-state index contributed by atoms with van der Waals surface area (Å²) in [6.45, 7) is 2.79. The minimum absolute atomic E-state index is 0.119. The summed E-state index contributed by atoms with van der Waals surface area (Å²) in [5.74, 6) is 0.659. The Hall–Kier alpha value is -1.81. The molecule has 4 heteroatoms. The van der Waals surface area contributed by atoms with Crippen molar-refractivity contribution < 1.29 is 4.79 Å². The highest BCUT2D eigenvalue weighted by molar-refractivity contribution is 9.10. The number of benzene rings is 2. The zero-order valence-corrected chi connectivity index (χ0v) is 15.7. The zero-order chi connectivity index (χ0) is 17.1. The molecule has 0 spiro atoms. The Morgan fingerprint density at radius 3 is 2.71 bits per heavy atom. The largest absolute Gasteiger partial charge is 0.370 e. The fourth-order valence-electron chi connectivity index (χ4n) is 3.02. The number of anilines is 1. The van der Waals surface area contributed by atoms with E-state index in [0.29, 0.717) is 12.5 Å². The lowest BCUT2D eigenvalue weighted by Gasteiger charge is -2.27. The summed E-state index contributed by atoms with van der Waals surface area (Å²) in [5.41, 5.74) is 2.41. The topological polar surface area (TPSA) is 32.3 Å². The maximum atomic E-state index is 12.4. The number of hydrogen-bond acceptors (Lipinski definition) is 2. The molecule has 3 unspecified atom stereocenters. The van der Waals surface area contributed by atoms with Gasteiger partial charge in [-0.1, -0.05) is 46.3 Å². The predicted molar refractivity (Wildman–Crippen MR) is 102 cm³/mol. The van der Waals surface area contributed by atoms with Crippen molar-refractivity contribution in [3.63, 3.8) is 0 Å². The van der Waals surface area contributed by atoms with Crippen LogP contribution >= 0.6 is 15.9 Å². The van der Waals surface area contributed by atoms with Gasteiger partial charge in [0.05, 0.1) is 0 Å². The number of carbonyl (C=O) groups excluding carboxylic acids is 1. The maximum absolute atomic E-state index is 12.4. The lowest BCUT2D eigenvalue weighted by atomic mass is 10.1. The Kier molecular flexibility index (Phi) is 5.24. The van der Waals surface area contributed by atoms with Gasteiger partial charge in [0, 0.05) is 35.7 Å². The van der Waals surface area contributed by atoms with Gasteiger partial charge in [0.25, 0.3) is 0 Å². The van der Waals surface area contributed by atoms with Gasteiger partial charge in [0.15, 0.2) is 0 Å². The third-order valence-corrected chi connectivity index (χ3v) is 5.29. The second-order valence-electron chi connectivity index (χ2n) is 6.54. The molecule has 2 aromatic carbocycles. The highest BCUT2D eigenvalue weighted by Crippen LogP contribution is 2.47. The molecule has 1 N–H and O–H groups in total. The molecule has 126 valence electrons. The van der Waals surface area contributed by atoms with Gasteiger partial charge < -0.3 is 10.2 Å². The fourth-order valence-corrected chi connectivity index (χ4v) is 3.44. The summed E-state index contributed by atoms with van der Waals surface area (Å²) >= 11 is 3.50. The third-order valence-electron chi connectivity index (χ3n) is 4.80. The molecule has 1 fully saturated rings. The first-order chi connectivity index (χ1) is 11.6. The third kappa shape index (κ3) is 3.99. The van der Waals surface area contributed by atoms with E-state index in [1.165, 1.54) is 5.56 Å². The van der Waals surface area contributed by atoms with Crippen molar-refractivity contribution in [2.24, 2.45) is 5.92 Å². The molecule has 3 rings (SSSR count). The van der Waals surface area contributed by atoms with Crippen LogP contribution in [0.3, 0.4) is 0 Å². The van der Waals surface area contributed by atoms with Crippen molar-refractivity contribution in [3.05, 3.63) is 64.6 Å². The van der Waals surface area contributed by atoms with Crippen LogP contribution in [0.1, 0.15) is 24.8 Å². The monoisotopic (exact) mass is 386 g/mol. The molecule has 1 aliphatic rings. The number of halogens is 1. The summed E-state index contributed by atoms with van der Waals surface area (Å²) in [5, 5.41) is 3.12. The number of likely N-dealkylation sites (N-methyl/N-ethyl adjacent to an activating group) is 1. The standard InChI is InChI=1S/C20H23BrN2O/c1-14(23(2)17-9-4-3-5-10-17)13-22-20(24)19-12-18(19)15-7-6-8-16(21)11-15/h3-11,14,18-19H,12-13H2,1-2H3,(H,22,24). The van der Waals surface area contributed by atoms with E-state index in [9.17, 15) is 4.79 Å². The van der Waals surface area contributed by atoms with Crippen LogP contribution in [0.4, 0.5) is 5.69 Å². The molecular weight excluding hydrogens is 364 g/mol. The summed E-state index contributed by atoms with van der Waals surface area (Å²) in [7, 11) is 2.06. The van der Waals surface area contributed by atoms with Crippen LogP contribution < -0.4 is 10.2 Å². The van der Waals surface area contributed by atoms with Crippen molar-refractivity contribution in [2.45, 2.75) is 25.3 Å². The van der Waals surface area contributed by atoms with Gasteiger partial charge in [-0.3, -0.25) is 4.79 Å². The molecule has 3 atom stereocenters. The van der Waals surface area contributed by atoms with Crippen LogP contribution in [0.2, 0.25) is 0 Å². The van der Waals surface area contributed by atoms with E-state index in [-0.39, 0.29) is 17.9 Å². The van der Waals surface area contributed by atoms with E-state index < -0.39 is 0 Å². The van der Waals surface area contributed by atoms with E-state index in [0.717, 1.165) is 16.6 Å². The molecule has 24 heavy (non-hydrogen) atoms. The van der Waals surface area contributed by atoms with Crippen molar-refractivity contribution in [2.75, 3.05) is 18.5 Å². The first kappa shape index (κ1) is 17.0. The first-order valence-corrected chi connectivity index (χ1v) is 9.16. The molecule has 0 bridgehead atoms. The van der Waals surface area contributed by atoms with Crippen LogP contribution in [0, 0.1) is 5.92 Å². The molecule has 0 aliphatic heterocycles. The Balaban J connectivity index is 1.50. The number of amides is 1. The number of hydrogen-bond donors (Lipinski definition) is 1. The average Bonchev–Trinajstić information content (AvgIpc) is 3.40.